The van der Waals surface area contributed by atoms with Gasteiger partial charge in [-0.1, -0.05) is 24.3 Å². The van der Waals surface area contributed by atoms with Crippen molar-refractivity contribution in [1.29, 1.82) is 0 Å². The number of amides is 1. The van der Waals surface area contributed by atoms with E-state index in [2.05, 4.69) is 10.1 Å². The van der Waals surface area contributed by atoms with Crippen LogP contribution in [0.4, 0.5) is 8.78 Å². The van der Waals surface area contributed by atoms with Crippen molar-refractivity contribution in [3.8, 4) is 0 Å². The zero-order chi connectivity index (χ0) is 25.9. The van der Waals surface area contributed by atoms with Crippen molar-refractivity contribution in [3.05, 3.63) is 111 Å². The number of H-pyrrole nitrogens is 1. The molecule has 7 nitrogen and oxygen atoms in total. The standard InChI is InChI=1S/C28H23F2N3O4/c29-20-10-6-17(7-11-20)15-19-3-1-4-22-25(19)32-33(26(22)18-8-12-21(30)13-9-18)24(34)16-37-28(36)23-5-2-14-31-27(23)35/h2,5-15,22,26H,1,3-4,16H2,(H,31,35). The Labute approximate surface area is 211 Å². The van der Waals surface area contributed by atoms with Crippen LogP contribution >= 0.6 is 0 Å². The fraction of sp³-hybridized carbons (Fsp3) is 0.214. The molecule has 2 atom stereocenters. The van der Waals surface area contributed by atoms with Gasteiger partial charge in [-0.15, -0.1) is 0 Å². The summed E-state index contributed by atoms with van der Waals surface area (Å²) in [6.45, 7) is -0.620. The van der Waals surface area contributed by atoms with Crippen LogP contribution in [-0.4, -0.2) is 34.2 Å². The quantitative estimate of drug-likeness (QED) is 0.514. The third kappa shape index (κ3) is 5.11. The van der Waals surface area contributed by atoms with E-state index in [1.807, 2.05) is 6.08 Å². The summed E-state index contributed by atoms with van der Waals surface area (Å²) in [6.07, 6.45) is 5.65. The van der Waals surface area contributed by atoms with Crippen molar-refractivity contribution < 1.29 is 23.1 Å². The van der Waals surface area contributed by atoms with E-state index in [0.717, 1.165) is 36.1 Å². The summed E-state index contributed by atoms with van der Waals surface area (Å²) >= 11 is 0. The Morgan fingerprint density at radius 2 is 1.76 bits per heavy atom. The van der Waals surface area contributed by atoms with Crippen molar-refractivity contribution in [2.75, 3.05) is 6.61 Å². The van der Waals surface area contributed by atoms with Crippen molar-refractivity contribution >= 4 is 23.7 Å². The molecule has 188 valence electrons. The molecule has 0 spiro atoms. The van der Waals surface area contributed by atoms with Gasteiger partial charge in [0.05, 0.1) is 11.8 Å². The highest BCUT2D eigenvalue weighted by atomic mass is 19.1. The number of fused-ring (bicyclic) bond motifs is 1. The number of hydrogen-bond acceptors (Lipinski definition) is 5. The van der Waals surface area contributed by atoms with E-state index < -0.39 is 35.9 Å². The first-order chi connectivity index (χ1) is 17.9. The average Bonchev–Trinajstić information content (AvgIpc) is 3.30. The van der Waals surface area contributed by atoms with Gasteiger partial charge in [-0.2, -0.15) is 5.10 Å². The van der Waals surface area contributed by atoms with Crippen molar-refractivity contribution in [3.63, 3.8) is 0 Å². The van der Waals surface area contributed by atoms with Crippen LogP contribution in [0, 0.1) is 17.6 Å². The summed E-state index contributed by atoms with van der Waals surface area (Å²) in [4.78, 5) is 39.9. The largest absolute Gasteiger partial charge is 0.452 e. The summed E-state index contributed by atoms with van der Waals surface area (Å²) in [7, 11) is 0. The van der Waals surface area contributed by atoms with Gasteiger partial charge in [0.2, 0.25) is 0 Å². The molecule has 0 radical (unpaired) electrons. The maximum atomic E-state index is 13.7. The number of hydrogen-bond donors (Lipinski definition) is 1. The maximum absolute atomic E-state index is 13.7. The Morgan fingerprint density at radius 3 is 2.46 bits per heavy atom. The number of carbonyl (C=O) groups is 2. The third-order valence-corrected chi connectivity index (χ3v) is 6.54. The predicted molar refractivity (Wildman–Crippen MR) is 132 cm³/mol. The highest BCUT2D eigenvalue weighted by molar-refractivity contribution is 6.08. The lowest BCUT2D eigenvalue weighted by atomic mass is 9.77. The van der Waals surface area contributed by atoms with Gasteiger partial charge in [-0.3, -0.25) is 9.59 Å². The number of nitrogens with zero attached hydrogens (tertiary/aromatic N) is 2. The molecule has 2 aromatic carbocycles. The van der Waals surface area contributed by atoms with Crippen molar-refractivity contribution in [2.45, 2.75) is 25.3 Å². The molecule has 9 heteroatoms. The van der Waals surface area contributed by atoms with Crippen LogP contribution in [0.5, 0.6) is 0 Å². The second-order valence-electron chi connectivity index (χ2n) is 8.93. The fourth-order valence-electron chi connectivity index (χ4n) is 4.81. The Balaban J connectivity index is 1.44. The van der Waals surface area contributed by atoms with Gasteiger partial charge in [0, 0.05) is 12.1 Å². The first-order valence-electron chi connectivity index (χ1n) is 11.9. The number of esters is 1. The maximum Gasteiger partial charge on any atom is 0.344 e. The number of pyridine rings is 1. The Morgan fingerprint density at radius 1 is 1.05 bits per heavy atom. The number of halogens is 2. The van der Waals surface area contributed by atoms with Crippen LogP contribution in [0.1, 0.15) is 46.8 Å². The first kappa shape index (κ1) is 24.3. The lowest BCUT2D eigenvalue weighted by Crippen LogP contribution is -2.35. The highest BCUT2D eigenvalue weighted by Crippen LogP contribution is 2.44. The molecule has 2 unspecified atom stereocenters. The number of carbonyl (C=O) groups excluding carboxylic acids is 2. The normalized spacial score (nSPS) is 19.9. The molecule has 1 aromatic heterocycles. The second kappa shape index (κ2) is 10.3. The van der Waals surface area contributed by atoms with Gasteiger partial charge in [0.1, 0.15) is 17.2 Å². The molecule has 2 heterocycles. The first-order valence-corrected chi connectivity index (χ1v) is 11.9. The number of aromatic nitrogens is 1. The minimum atomic E-state index is -0.922. The van der Waals surface area contributed by atoms with Gasteiger partial charge < -0.3 is 9.72 Å². The topological polar surface area (TPSA) is 91.8 Å². The van der Waals surface area contributed by atoms with Gasteiger partial charge in [-0.25, -0.2) is 18.6 Å². The summed E-state index contributed by atoms with van der Waals surface area (Å²) in [6, 6.07) is 14.3. The van der Waals surface area contributed by atoms with Crippen LogP contribution in [-0.2, 0) is 9.53 Å². The molecule has 0 saturated heterocycles. The van der Waals surface area contributed by atoms with Crippen molar-refractivity contribution in [1.82, 2.24) is 9.99 Å². The summed E-state index contributed by atoms with van der Waals surface area (Å²) in [5.41, 5.74) is 2.34. The molecular formula is C28H23F2N3O4. The van der Waals surface area contributed by atoms with Gasteiger partial charge in [0.25, 0.3) is 11.5 Å². The molecule has 1 aliphatic heterocycles. The summed E-state index contributed by atoms with van der Waals surface area (Å²) in [5.74, 6) is -2.37. The molecule has 1 amide bonds. The van der Waals surface area contributed by atoms with E-state index in [1.54, 1.807) is 24.3 Å². The molecule has 37 heavy (non-hydrogen) atoms. The van der Waals surface area contributed by atoms with Crippen LogP contribution in [0.15, 0.2) is 82.3 Å². The predicted octanol–water partition coefficient (Wildman–Crippen LogP) is 4.63. The number of aromatic amines is 1. The number of benzene rings is 2. The Hall–Kier alpha value is -4.40. The molecule has 1 N–H and O–H groups in total. The zero-order valence-electron chi connectivity index (χ0n) is 19.7. The smallest absolute Gasteiger partial charge is 0.344 e. The third-order valence-electron chi connectivity index (χ3n) is 6.54. The number of ether oxygens (including phenoxy) is 1. The van der Waals surface area contributed by atoms with E-state index in [1.165, 1.54) is 47.6 Å². The SMILES string of the molecule is O=C(OCC(=O)N1N=C2C(=Cc3ccc(F)cc3)CCCC2C1c1ccc(F)cc1)c1ccc[nH]c1=O. The zero-order valence-corrected chi connectivity index (χ0v) is 19.7. The molecule has 5 rings (SSSR count). The van der Waals surface area contributed by atoms with E-state index in [9.17, 15) is 23.2 Å². The Kier molecular flexibility index (Phi) is 6.76. The van der Waals surface area contributed by atoms with Gasteiger partial charge in [-0.05, 0) is 78.4 Å². The van der Waals surface area contributed by atoms with Crippen LogP contribution in [0.2, 0.25) is 0 Å². The monoisotopic (exact) mass is 503 g/mol. The van der Waals surface area contributed by atoms with E-state index in [0.29, 0.717) is 5.56 Å². The lowest BCUT2D eigenvalue weighted by Gasteiger charge is -2.29. The van der Waals surface area contributed by atoms with E-state index >= 15 is 0 Å². The molecule has 2 aliphatic rings. The number of rotatable bonds is 5. The summed E-state index contributed by atoms with van der Waals surface area (Å²) < 4.78 is 32.2. The molecule has 3 aromatic rings. The van der Waals surface area contributed by atoms with Crippen LogP contribution < -0.4 is 5.56 Å². The van der Waals surface area contributed by atoms with Crippen molar-refractivity contribution in [2.24, 2.45) is 11.0 Å². The number of nitrogens with one attached hydrogen (secondary N) is 1. The van der Waals surface area contributed by atoms with E-state index in [4.69, 9.17) is 4.74 Å². The van der Waals surface area contributed by atoms with Crippen LogP contribution in [0.25, 0.3) is 6.08 Å². The molecule has 1 saturated carbocycles. The minimum Gasteiger partial charge on any atom is -0.452 e. The summed E-state index contributed by atoms with van der Waals surface area (Å²) in [5, 5.41) is 5.95. The second-order valence-corrected chi connectivity index (χ2v) is 8.93. The number of allylic oxidation sites excluding steroid dienone is 1. The molecule has 1 aliphatic carbocycles. The van der Waals surface area contributed by atoms with Gasteiger partial charge in [0.15, 0.2) is 6.61 Å². The highest BCUT2D eigenvalue weighted by Gasteiger charge is 2.43. The fourth-order valence-corrected chi connectivity index (χ4v) is 4.81. The molecule has 1 fully saturated rings. The van der Waals surface area contributed by atoms with Crippen LogP contribution in [0.3, 0.4) is 0 Å². The van der Waals surface area contributed by atoms with Gasteiger partial charge >= 0.3 is 5.97 Å². The molecular weight excluding hydrogens is 480 g/mol. The lowest BCUT2D eigenvalue weighted by molar-refractivity contribution is -0.137. The Bertz CT molecular complexity index is 1450. The van der Waals surface area contributed by atoms with E-state index in [-0.39, 0.29) is 17.3 Å². The molecule has 0 bridgehead atoms. The number of hydrazone groups is 1. The minimum absolute atomic E-state index is 0.150. The average molecular weight is 504 g/mol.